The number of aliphatic hydroxyl groups excluding tert-OH is 1. The highest BCUT2D eigenvalue weighted by atomic mass is 32.1. The first-order chi connectivity index (χ1) is 21.6. The molecule has 0 amide bonds. The molecule has 14 heteroatoms. The van der Waals surface area contributed by atoms with E-state index in [1.54, 1.807) is 25.4 Å². The summed E-state index contributed by atoms with van der Waals surface area (Å²) in [7, 11) is 0.479. The van der Waals surface area contributed by atoms with E-state index in [-0.39, 0.29) is 13.2 Å². The average Bonchev–Trinajstić information content (AvgIpc) is 3.58. The molecule has 0 fully saturated rings. The quantitative estimate of drug-likeness (QED) is 0.121. The summed E-state index contributed by atoms with van der Waals surface area (Å²) in [6, 6.07) is 9.35. The van der Waals surface area contributed by atoms with Crippen molar-refractivity contribution < 1.29 is 24.1 Å². The summed E-state index contributed by atoms with van der Waals surface area (Å²) in [5, 5.41) is 14.8. The minimum atomic E-state index is -1.20. The van der Waals surface area contributed by atoms with E-state index in [4.69, 9.17) is 24.2 Å². The van der Waals surface area contributed by atoms with Gasteiger partial charge in [-0.15, -0.1) is 11.3 Å². The molecule has 3 aromatic rings. The van der Waals surface area contributed by atoms with Gasteiger partial charge in [0, 0.05) is 46.4 Å². The van der Waals surface area contributed by atoms with Crippen LogP contribution in [0.15, 0.2) is 46.5 Å². The van der Waals surface area contributed by atoms with Crippen molar-refractivity contribution in [1.29, 1.82) is 0 Å². The first-order valence-corrected chi connectivity index (χ1v) is 20.7. The van der Waals surface area contributed by atoms with Gasteiger partial charge >= 0.3 is 5.97 Å². The third-order valence-electron chi connectivity index (χ3n) is 7.21. The summed E-state index contributed by atoms with van der Waals surface area (Å²) >= 11 is 3.04. The van der Waals surface area contributed by atoms with Crippen molar-refractivity contribution in [2.24, 2.45) is 10.1 Å². The number of hydrogen-bond acceptors (Lipinski definition) is 12. The Bertz CT molecular complexity index is 1560. The molecule has 1 atom stereocenters. The third kappa shape index (κ3) is 9.33. The van der Waals surface area contributed by atoms with Crippen LogP contribution in [0.3, 0.4) is 0 Å². The predicted octanol–water partition coefficient (Wildman–Crippen LogP) is 5.21. The van der Waals surface area contributed by atoms with Crippen LogP contribution in [0.25, 0.3) is 10.2 Å². The number of amidine groups is 1. The van der Waals surface area contributed by atoms with E-state index >= 15 is 0 Å². The van der Waals surface area contributed by atoms with Crippen LogP contribution in [-0.2, 0) is 27.4 Å². The molecular formula is C31H46N6O5S2Si. The lowest BCUT2D eigenvalue weighted by Crippen LogP contribution is -2.56. The van der Waals surface area contributed by atoms with E-state index < -0.39 is 19.7 Å². The van der Waals surface area contributed by atoms with Crippen LogP contribution in [0.2, 0.25) is 25.7 Å². The lowest BCUT2D eigenvalue weighted by Gasteiger charge is -2.40. The number of carbonyl (C=O) groups is 1. The Morgan fingerprint density at radius 1 is 1.20 bits per heavy atom. The van der Waals surface area contributed by atoms with Gasteiger partial charge in [0.05, 0.1) is 16.8 Å². The number of nitrogens with zero attached hydrogens (tertiary/aromatic N) is 5. The summed E-state index contributed by atoms with van der Waals surface area (Å²) in [6.07, 6.45) is 5.73. The number of aliphatic hydroxyl groups is 1. The Morgan fingerprint density at radius 2 is 2.00 bits per heavy atom. The fraction of sp³-hybridized carbons (Fsp3) is 0.548. The van der Waals surface area contributed by atoms with E-state index in [9.17, 15) is 9.90 Å². The van der Waals surface area contributed by atoms with Gasteiger partial charge in [-0.2, -0.15) is 10.1 Å². The van der Waals surface area contributed by atoms with E-state index in [2.05, 4.69) is 51.8 Å². The van der Waals surface area contributed by atoms with Gasteiger partial charge in [-0.3, -0.25) is 9.99 Å². The number of hydrazone groups is 1. The van der Waals surface area contributed by atoms with Crippen LogP contribution in [0.4, 0.5) is 5.13 Å². The number of aromatic nitrogens is 2. The maximum Gasteiger partial charge on any atom is 0.358 e. The zero-order chi connectivity index (χ0) is 32.5. The maximum absolute atomic E-state index is 12.8. The van der Waals surface area contributed by atoms with Crippen molar-refractivity contribution >= 4 is 57.9 Å². The average molecular weight is 675 g/mol. The number of para-hydroxylation sites is 1. The summed E-state index contributed by atoms with van der Waals surface area (Å²) < 4.78 is 20.0. The van der Waals surface area contributed by atoms with Gasteiger partial charge in [0.25, 0.3) is 0 Å². The molecule has 11 nitrogen and oxygen atoms in total. The van der Waals surface area contributed by atoms with Gasteiger partial charge < -0.3 is 24.2 Å². The molecule has 0 spiro atoms. The van der Waals surface area contributed by atoms with Crippen molar-refractivity contribution in [2.75, 3.05) is 45.0 Å². The fourth-order valence-corrected chi connectivity index (χ4v) is 7.68. The second-order valence-electron chi connectivity index (χ2n) is 12.1. The van der Waals surface area contributed by atoms with E-state index in [1.807, 2.05) is 31.2 Å². The minimum absolute atomic E-state index is 0.0282. The van der Waals surface area contributed by atoms with E-state index in [0.29, 0.717) is 49.4 Å². The van der Waals surface area contributed by atoms with Crippen molar-refractivity contribution in [2.45, 2.75) is 71.2 Å². The maximum atomic E-state index is 12.8. The number of thiazole rings is 2. The lowest BCUT2D eigenvalue weighted by molar-refractivity contribution is 0.0519. The number of fused-ring (bicyclic) bond motifs is 1. The van der Waals surface area contributed by atoms with Crippen LogP contribution in [0.5, 0.6) is 0 Å². The smallest absolute Gasteiger partial charge is 0.358 e. The van der Waals surface area contributed by atoms with Crippen molar-refractivity contribution in [1.82, 2.24) is 15.0 Å². The van der Waals surface area contributed by atoms with Gasteiger partial charge in [0.2, 0.25) is 0 Å². The minimum Gasteiger partial charge on any atom is -0.461 e. The first-order valence-electron chi connectivity index (χ1n) is 15.4. The molecule has 1 aliphatic rings. The highest BCUT2D eigenvalue weighted by molar-refractivity contribution is 7.16. The summed E-state index contributed by atoms with van der Waals surface area (Å²) in [5.41, 5.74) is 3.94. The number of ether oxygens (including phenoxy) is 3. The van der Waals surface area contributed by atoms with Crippen LogP contribution in [-0.4, -0.2) is 80.3 Å². The number of rotatable bonds is 16. The van der Waals surface area contributed by atoms with Gasteiger partial charge in [-0.1, -0.05) is 43.1 Å². The molecule has 2 aromatic heterocycles. The van der Waals surface area contributed by atoms with E-state index in [0.717, 1.165) is 39.0 Å². The molecule has 2 N–H and O–H groups in total. The summed E-state index contributed by atoms with van der Waals surface area (Å²) in [4.78, 5) is 26.1. The van der Waals surface area contributed by atoms with Crippen molar-refractivity contribution in [3.63, 3.8) is 0 Å². The zero-order valence-corrected chi connectivity index (χ0v) is 29.8. The lowest BCUT2D eigenvalue weighted by atomic mass is 10.1. The topological polar surface area (TPSA) is 123 Å². The highest BCUT2D eigenvalue weighted by Gasteiger charge is 2.34. The number of benzene rings is 1. The number of esters is 1. The Morgan fingerprint density at radius 3 is 2.69 bits per heavy atom. The van der Waals surface area contributed by atoms with Crippen molar-refractivity contribution in [3.05, 3.63) is 51.8 Å². The van der Waals surface area contributed by atoms with Gasteiger partial charge in [-0.25, -0.2) is 9.78 Å². The number of aryl methyl sites for hydroxylation is 1. The second-order valence-corrected chi connectivity index (χ2v) is 19.8. The molecule has 246 valence electrons. The normalized spacial score (nSPS) is 17.0. The Balaban J connectivity index is 1.62. The molecule has 1 aliphatic heterocycles. The number of hydrogen-bond donors (Lipinski definition) is 2. The van der Waals surface area contributed by atoms with Gasteiger partial charge in [-0.05, 0) is 63.4 Å². The molecule has 0 radical (unpaired) electrons. The number of carbonyl (C=O) groups excluding carboxylic acids is 1. The Hall–Kier alpha value is -2.88. The van der Waals surface area contributed by atoms with E-state index in [1.165, 1.54) is 11.3 Å². The number of methoxy groups -OCH3 is 1. The summed E-state index contributed by atoms with van der Waals surface area (Å²) in [5.74, 6) is 0.0870. The molecule has 0 bridgehead atoms. The molecule has 0 saturated heterocycles. The molecule has 45 heavy (non-hydrogen) atoms. The van der Waals surface area contributed by atoms with Crippen LogP contribution in [0.1, 0.15) is 42.1 Å². The number of nitrogens with one attached hydrogen (secondary N) is 1. The van der Waals surface area contributed by atoms with Gasteiger partial charge in [0.15, 0.2) is 21.5 Å². The molecule has 1 unspecified atom stereocenters. The highest BCUT2D eigenvalue weighted by Crippen LogP contribution is 2.33. The first kappa shape index (κ1) is 35.0. The molecule has 0 saturated carbocycles. The van der Waals surface area contributed by atoms with Crippen molar-refractivity contribution in [3.8, 4) is 0 Å². The fourth-order valence-electron chi connectivity index (χ4n) is 4.67. The molecule has 1 aromatic carbocycles. The van der Waals surface area contributed by atoms with Crippen LogP contribution >= 0.6 is 22.7 Å². The second kappa shape index (κ2) is 16.1. The molecule has 3 heterocycles. The Labute approximate surface area is 274 Å². The van der Waals surface area contributed by atoms with Crippen LogP contribution in [0, 0.1) is 0 Å². The largest absolute Gasteiger partial charge is 0.461 e. The third-order valence-corrected chi connectivity index (χ3v) is 11.1. The SMILES string of the molecule is CCOC(=O)c1nc(N(CCCOC)C2(C)C=CC(/N=c3\sc4ccccc4n3COCC[Si](C)(C)C)=NN2)sc1CCCO. The van der Waals surface area contributed by atoms with Crippen LogP contribution < -0.4 is 15.1 Å². The molecule has 4 rings (SSSR count). The number of anilines is 1. The summed E-state index contributed by atoms with van der Waals surface area (Å²) in [6.45, 7) is 13.4. The molecule has 0 aliphatic carbocycles. The Kier molecular flexibility index (Phi) is 12.5. The molecular weight excluding hydrogens is 629 g/mol. The van der Waals surface area contributed by atoms with Gasteiger partial charge in [0.1, 0.15) is 12.4 Å². The standard InChI is InChI=1S/C31H46N6O5S2Si/c1-7-42-28(39)27-25(14-10-18-38)44-30(33-27)37(17-11-19-40-3)31(2)16-15-26(34-35-31)32-29-36(22-41-20-21-45(4,5)6)23-12-8-9-13-24(23)43-29/h8-9,12-13,15-16,35,38H,7,10-11,14,17-22H2,1-6H3/b32-29-. The monoisotopic (exact) mass is 674 g/mol. The zero-order valence-electron chi connectivity index (χ0n) is 27.2. The predicted molar refractivity (Wildman–Crippen MR) is 185 cm³/mol.